The summed E-state index contributed by atoms with van der Waals surface area (Å²) in [4.78, 5) is 8.19. The van der Waals surface area contributed by atoms with Crippen molar-refractivity contribution in [2.45, 2.75) is 6.92 Å². The van der Waals surface area contributed by atoms with E-state index in [0.29, 0.717) is 0 Å². The van der Waals surface area contributed by atoms with Gasteiger partial charge < -0.3 is 5.32 Å². The number of allylic oxidation sites excluding steroid dienone is 1. The molecule has 15 heavy (non-hydrogen) atoms. The Morgan fingerprint density at radius 2 is 2.07 bits per heavy atom. The largest absolute Gasteiger partial charge is 0.388 e. The Morgan fingerprint density at radius 3 is 2.73 bits per heavy atom. The fourth-order valence-electron chi connectivity index (χ4n) is 1.22. The zero-order valence-electron chi connectivity index (χ0n) is 9.07. The van der Waals surface area contributed by atoms with Gasteiger partial charge in [-0.2, -0.15) is 0 Å². The van der Waals surface area contributed by atoms with Crippen LogP contribution in [-0.4, -0.2) is 17.0 Å². The van der Waals surface area contributed by atoms with Crippen molar-refractivity contribution in [2.75, 3.05) is 12.4 Å². The minimum absolute atomic E-state index is 0.921. The summed E-state index contributed by atoms with van der Waals surface area (Å²) < 4.78 is 0. The van der Waals surface area contributed by atoms with Crippen molar-refractivity contribution in [2.24, 2.45) is 0 Å². The highest BCUT2D eigenvalue weighted by Crippen LogP contribution is 2.18. The molecule has 0 saturated carbocycles. The van der Waals surface area contributed by atoms with E-state index in [1.54, 1.807) is 24.7 Å². The summed E-state index contributed by atoms with van der Waals surface area (Å²) in [6.07, 6.45) is 7.05. The van der Waals surface area contributed by atoms with Crippen LogP contribution in [0.25, 0.3) is 10.9 Å². The Hall–Kier alpha value is -1.90. The maximum absolute atomic E-state index is 4.19. The molecule has 0 unspecified atom stereocenters. The molecule has 0 aliphatic rings. The quantitative estimate of drug-likeness (QED) is 0.721. The van der Waals surface area contributed by atoms with Gasteiger partial charge in [0.05, 0.1) is 11.7 Å². The van der Waals surface area contributed by atoms with Crippen molar-refractivity contribution < 1.29 is 0 Å². The van der Waals surface area contributed by atoms with Crippen molar-refractivity contribution >= 4 is 16.6 Å². The first-order valence-electron chi connectivity index (χ1n) is 4.77. The standard InChI is InChI=1S/C9H9N3.C3H6/c1-10-8-3-5-12-9-6-11-4-2-7(8)9;1-3-2/h2-6H,1H3,(H,10,12);3H,1H2,2H3. The van der Waals surface area contributed by atoms with E-state index in [1.807, 2.05) is 26.1 Å². The highest BCUT2D eigenvalue weighted by Gasteiger charge is 1.97. The van der Waals surface area contributed by atoms with Crippen LogP contribution in [0, 0.1) is 0 Å². The number of rotatable bonds is 1. The Balaban J connectivity index is 0.000000337. The molecule has 3 heteroatoms. The zero-order chi connectivity index (χ0) is 11.1. The maximum atomic E-state index is 4.19. The van der Waals surface area contributed by atoms with E-state index >= 15 is 0 Å². The predicted molar refractivity (Wildman–Crippen MR) is 65.0 cm³/mol. The third-order valence-electron chi connectivity index (χ3n) is 1.81. The molecule has 0 aromatic carbocycles. The fourth-order valence-corrected chi connectivity index (χ4v) is 1.22. The van der Waals surface area contributed by atoms with Gasteiger partial charge in [-0.15, -0.1) is 6.58 Å². The van der Waals surface area contributed by atoms with Crippen LogP contribution in [0.15, 0.2) is 43.4 Å². The van der Waals surface area contributed by atoms with Gasteiger partial charge in [-0.3, -0.25) is 9.97 Å². The first kappa shape index (κ1) is 11.2. The number of hydrogen-bond donors (Lipinski definition) is 1. The lowest BCUT2D eigenvalue weighted by Crippen LogP contribution is -1.90. The molecule has 78 valence electrons. The number of fused-ring (bicyclic) bond motifs is 1. The molecule has 2 heterocycles. The second kappa shape index (κ2) is 5.75. The van der Waals surface area contributed by atoms with E-state index in [0.717, 1.165) is 16.6 Å². The smallest absolute Gasteiger partial charge is 0.0905 e. The van der Waals surface area contributed by atoms with Gasteiger partial charge in [0.15, 0.2) is 0 Å². The lowest BCUT2D eigenvalue weighted by atomic mass is 10.2. The molecule has 2 rings (SSSR count). The predicted octanol–water partition coefficient (Wildman–Crippen LogP) is 2.86. The first-order chi connectivity index (χ1) is 7.33. The van der Waals surface area contributed by atoms with Crippen molar-refractivity contribution in [1.29, 1.82) is 0 Å². The average Bonchev–Trinajstić information content (AvgIpc) is 2.29. The summed E-state index contributed by atoms with van der Waals surface area (Å²) in [5, 5.41) is 4.21. The normalized spacial score (nSPS) is 8.93. The van der Waals surface area contributed by atoms with Gasteiger partial charge in [0.1, 0.15) is 0 Å². The number of anilines is 1. The third kappa shape index (κ3) is 2.77. The lowest BCUT2D eigenvalue weighted by Gasteiger charge is -2.02. The molecular weight excluding hydrogens is 186 g/mol. The lowest BCUT2D eigenvalue weighted by molar-refractivity contribution is 1.31. The second-order valence-electron chi connectivity index (χ2n) is 2.91. The number of hydrogen-bond acceptors (Lipinski definition) is 3. The Morgan fingerprint density at radius 1 is 1.33 bits per heavy atom. The zero-order valence-corrected chi connectivity index (χ0v) is 9.07. The SMILES string of the molecule is C=CC.CNc1ccnc2cnccc12. The molecule has 2 aromatic rings. The van der Waals surface area contributed by atoms with Gasteiger partial charge in [-0.25, -0.2) is 0 Å². The minimum atomic E-state index is 0.921. The van der Waals surface area contributed by atoms with Crippen LogP contribution in [0.3, 0.4) is 0 Å². The van der Waals surface area contributed by atoms with Gasteiger partial charge in [0.25, 0.3) is 0 Å². The topological polar surface area (TPSA) is 37.8 Å². The van der Waals surface area contributed by atoms with E-state index in [9.17, 15) is 0 Å². The van der Waals surface area contributed by atoms with Crippen molar-refractivity contribution in [3.8, 4) is 0 Å². The molecular formula is C12H15N3. The van der Waals surface area contributed by atoms with Crippen LogP contribution in [0.1, 0.15) is 6.92 Å². The highest BCUT2D eigenvalue weighted by molar-refractivity contribution is 5.90. The molecule has 0 fully saturated rings. The van der Waals surface area contributed by atoms with Crippen molar-refractivity contribution in [3.05, 3.63) is 43.4 Å². The van der Waals surface area contributed by atoms with E-state index in [-0.39, 0.29) is 0 Å². The summed E-state index contributed by atoms with van der Waals surface area (Å²) in [6, 6.07) is 3.90. The summed E-state index contributed by atoms with van der Waals surface area (Å²) in [5.41, 5.74) is 2.01. The van der Waals surface area contributed by atoms with Crippen LogP contribution < -0.4 is 5.32 Å². The average molecular weight is 201 g/mol. The van der Waals surface area contributed by atoms with Crippen LogP contribution >= 0.6 is 0 Å². The number of aromatic nitrogens is 2. The van der Waals surface area contributed by atoms with Crippen molar-refractivity contribution in [1.82, 2.24) is 9.97 Å². The van der Waals surface area contributed by atoms with Crippen LogP contribution in [0.4, 0.5) is 5.69 Å². The van der Waals surface area contributed by atoms with E-state index < -0.39 is 0 Å². The van der Waals surface area contributed by atoms with E-state index in [2.05, 4.69) is 21.9 Å². The molecule has 3 nitrogen and oxygen atoms in total. The summed E-state index contributed by atoms with van der Waals surface area (Å²) >= 11 is 0. The number of nitrogens with one attached hydrogen (secondary N) is 1. The maximum Gasteiger partial charge on any atom is 0.0905 e. The summed E-state index contributed by atoms with van der Waals surface area (Å²) in [7, 11) is 1.90. The molecule has 0 atom stereocenters. The second-order valence-corrected chi connectivity index (χ2v) is 2.91. The third-order valence-corrected chi connectivity index (χ3v) is 1.81. The van der Waals surface area contributed by atoms with Gasteiger partial charge >= 0.3 is 0 Å². The Bertz CT molecular complexity index is 432. The Kier molecular flexibility index (Phi) is 4.29. The van der Waals surface area contributed by atoms with Gasteiger partial charge in [-0.1, -0.05) is 6.08 Å². The number of pyridine rings is 2. The molecule has 0 aliphatic heterocycles. The fraction of sp³-hybridized carbons (Fsp3) is 0.167. The van der Waals surface area contributed by atoms with E-state index in [4.69, 9.17) is 0 Å². The molecule has 0 saturated heterocycles. The molecule has 0 radical (unpaired) electrons. The molecule has 2 aromatic heterocycles. The molecule has 0 bridgehead atoms. The van der Waals surface area contributed by atoms with Gasteiger partial charge in [0.2, 0.25) is 0 Å². The van der Waals surface area contributed by atoms with Gasteiger partial charge in [-0.05, 0) is 19.1 Å². The monoisotopic (exact) mass is 201 g/mol. The summed E-state index contributed by atoms with van der Waals surface area (Å²) in [5.74, 6) is 0. The van der Waals surface area contributed by atoms with Gasteiger partial charge in [0, 0.05) is 30.5 Å². The van der Waals surface area contributed by atoms with E-state index in [1.165, 1.54) is 0 Å². The first-order valence-corrected chi connectivity index (χ1v) is 4.77. The minimum Gasteiger partial charge on any atom is -0.388 e. The van der Waals surface area contributed by atoms with Crippen LogP contribution in [0.2, 0.25) is 0 Å². The number of nitrogens with zero attached hydrogens (tertiary/aromatic N) is 2. The summed E-state index contributed by atoms with van der Waals surface area (Å²) in [6.45, 7) is 5.25. The molecule has 0 amide bonds. The highest BCUT2D eigenvalue weighted by atomic mass is 14.8. The van der Waals surface area contributed by atoms with Crippen LogP contribution in [0.5, 0.6) is 0 Å². The van der Waals surface area contributed by atoms with Crippen molar-refractivity contribution in [3.63, 3.8) is 0 Å². The molecule has 0 aliphatic carbocycles. The Labute approximate surface area is 89.9 Å². The molecule has 0 spiro atoms. The van der Waals surface area contributed by atoms with Crippen LogP contribution in [-0.2, 0) is 0 Å². The molecule has 1 N–H and O–H groups in total.